The van der Waals surface area contributed by atoms with Gasteiger partial charge in [-0.1, -0.05) is 15.9 Å². The Bertz CT molecular complexity index is 999. The zero-order valence-corrected chi connectivity index (χ0v) is 16.1. The standard InChI is InChI=1S/C17H13Br2N5O/c18-8-5-10(15(20)11(19)6-8)16-21-3-2-13(24-16)14-7-9-12(23-14)1-4-22-17(9)25/h2-3,5-7,23H,1,4,20H2,(H,22,25). The van der Waals surface area contributed by atoms with Gasteiger partial charge in [-0.2, -0.15) is 0 Å². The van der Waals surface area contributed by atoms with E-state index in [9.17, 15) is 4.79 Å². The normalized spacial score (nSPS) is 13.4. The maximum Gasteiger partial charge on any atom is 0.253 e. The number of hydrogen-bond acceptors (Lipinski definition) is 4. The Kier molecular flexibility index (Phi) is 4.09. The summed E-state index contributed by atoms with van der Waals surface area (Å²) in [4.78, 5) is 24.2. The van der Waals surface area contributed by atoms with Crippen molar-refractivity contribution < 1.29 is 4.79 Å². The number of nitrogens with one attached hydrogen (secondary N) is 2. The van der Waals surface area contributed by atoms with E-state index in [1.807, 2.05) is 24.3 Å². The highest BCUT2D eigenvalue weighted by Gasteiger charge is 2.20. The first-order valence-corrected chi connectivity index (χ1v) is 9.20. The van der Waals surface area contributed by atoms with Crippen molar-refractivity contribution in [2.45, 2.75) is 6.42 Å². The third kappa shape index (κ3) is 2.96. The molecule has 0 spiro atoms. The number of aromatic nitrogens is 3. The van der Waals surface area contributed by atoms with Gasteiger partial charge in [-0.3, -0.25) is 4.79 Å². The molecule has 0 saturated heterocycles. The number of anilines is 1. The van der Waals surface area contributed by atoms with Gasteiger partial charge in [0.2, 0.25) is 0 Å². The Labute approximate surface area is 160 Å². The largest absolute Gasteiger partial charge is 0.397 e. The fourth-order valence-electron chi connectivity index (χ4n) is 2.84. The Morgan fingerprint density at radius 2 is 2.00 bits per heavy atom. The Morgan fingerprint density at radius 1 is 1.16 bits per heavy atom. The van der Waals surface area contributed by atoms with Crippen LogP contribution >= 0.6 is 31.9 Å². The van der Waals surface area contributed by atoms with Crippen molar-refractivity contribution in [3.8, 4) is 22.8 Å². The van der Waals surface area contributed by atoms with E-state index < -0.39 is 0 Å². The van der Waals surface area contributed by atoms with E-state index in [-0.39, 0.29) is 5.91 Å². The SMILES string of the molecule is Nc1c(Br)cc(Br)cc1-c1nccc(-c2cc3c([nH]2)CCNC3=O)n1. The van der Waals surface area contributed by atoms with Crippen molar-refractivity contribution in [2.75, 3.05) is 12.3 Å². The lowest BCUT2D eigenvalue weighted by atomic mass is 10.1. The van der Waals surface area contributed by atoms with E-state index in [0.717, 1.165) is 32.3 Å². The van der Waals surface area contributed by atoms with Gasteiger partial charge < -0.3 is 16.0 Å². The smallest absolute Gasteiger partial charge is 0.253 e. The van der Waals surface area contributed by atoms with Crippen molar-refractivity contribution in [3.63, 3.8) is 0 Å². The van der Waals surface area contributed by atoms with Crippen molar-refractivity contribution in [1.29, 1.82) is 0 Å². The molecule has 0 saturated carbocycles. The predicted molar refractivity (Wildman–Crippen MR) is 103 cm³/mol. The minimum atomic E-state index is -0.0572. The van der Waals surface area contributed by atoms with E-state index >= 15 is 0 Å². The molecule has 0 aliphatic carbocycles. The first kappa shape index (κ1) is 16.3. The number of benzene rings is 1. The quantitative estimate of drug-likeness (QED) is 0.507. The highest BCUT2D eigenvalue weighted by molar-refractivity contribution is 9.11. The number of aromatic amines is 1. The van der Waals surface area contributed by atoms with Crippen LogP contribution in [0.3, 0.4) is 0 Å². The second-order valence-electron chi connectivity index (χ2n) is 5.70. The molecule has 8 heteroatoms. The molecule has 6 nitrogen and oxygen atoms in total. The molecule has 4 rings (SSSR count). The molecule has 3 heterocycles. The summed E-state index contributed by atoms with van der Waals surface area (Å²) < 4.78 is 1.66. The predicted octanol–water partition coefficient (Wildman–Crippen LogP) is 3.53. The summed E-state index contributed by atoms with van der Waals surface area (Å²) in [6.07, 6.45) is 2.47. The third-order valence-corrected chi connectivity index (χ3v) is 5.19. The second-order valence-corrected chi connectivity index (χ2v) is 7.47. The maximum atomic E-state index is 11.9. The van der Waals surface area contributed by atoms with Crippen LogP contribution in [-0.4, -0.2) is 27.4 Å². The second kappa shape index (κ2) is 6.27. The summed E-state index contributed by atoms with van der Waals surface area (Å²) in [5.74, 6) is 0.465. The lowest BCUT2D eigenvalue weighted by Crippen LogP contribution is -2.31. The molecule has 1 aliphatic rings. The summed E-state index contributed by atoms with van der Waals surface area (Å²) >= 11 is 6.90. The van der Waals surface area contributed by atoms with Crippen LogP contribution in [0.4, 0.5) is 5.69 Å². The minimum absolute atomic E-state index is 0.0572. The summed E-state index contributed by atoms with van der Waals surface area (Å²) in [5, 5.41) is 2.84. The van der Waals surface area contributed by atoms with Crippen LogP contribution in [0.5, 0.6) is 0 Å². The van der Waals surface area contributed by atoms with Crippen LogP contribution in [0.25, 0.3) is 22.8 Å². The van der Waals surface area contributed by atoms with Crippen LogP contribution < -0.4 is 11.1 Å². The minimum Gasteiger partial charge on any atom is -0.397 e. The summed E-state index contributed by atoms with van der Waals surface area (Å²) in [6.45, 7) is 0.642. The molecule has 0 unspecified atom stereocenters. The molecule has 0 atom stereocenters. The molecule has 1 aromatic carbocycles. The van der Waals surface area contributed by atoms with Gasteiger partial charge in [0, 0.05) is 39.4 Å². The van der Waals surface area contributed by atoms with Crippen LogP contribution in [0.1, 0.15) is 16.1 Å². The van der Waals surface area contributed by atoms with Gasteiger partial charge in [0.05, 0.1) is 22.6 Å². The lowest BCUT2D eigenvalue weighted by molar-refractivity contribution is 0.0946. The molecule has 126 valence electrons. The van der Waals surface area contributed by atoms with Crippen LogP contribution in [0, 0.1) is 0 Å². The molecule has 2 aromatic heterocycles. The molecule has 0 bridgehead atoms. The molecule has 3 aromatic rings. The summed E-state index contributed by atoms with van der Waals surface area (Å²) in [7, 11) is 0. The maximum absolute atomic E-state index is 11.9. The number of nitrogens with zero attached hydrogens (tertiary/aromatic N) is 2. The average Bonchev–Trinajstić information content (AvgIpc) is 3.04. The number of nitrogen functional groups attached to an aromatic ring is 1. The molecule has 4 N–H and O–H groups in total. The Balaban J connectivity index is 1.80. The molecular formula is C17H13Br2N5O. The van der Waals surface area contributed by atoms with E-state index in [1.165, 1.54) is 0 Å². The summed E-state index contributed by atoms with van der Waals surface area (Å²) in [5.41, 5.74) is 10.6. The van der Waals surface area contributed by atoms with E-state index in [0.29, 0.717) is 29.3 Å². The van der Waals surface area contributed by atoms with E-state index in [4.69, 9.17) is 5.73 Å². The van der Waals surface area contributed by atoms with Gasteiger partial charge in [0.25, 0.3) is 5.91 Å². The number of hydrogen-bond donors (Lipinski definition) is 3. The highest BCUT2D eigenvalue weighted by atomic mass is 79.9. The molecule has 0 fully saturated rings. The molecule has 0 radical (unpaired) electrons. The van der Waals surface area contributed by atoms with Crippen LogP contribution in [0.2, 0.25) is 0 Å². The number of halogens is 2. The van der Waals surface area contributed by atoms with Crippen molar-refractivity contribution in [3.05, 3.63) is 50.7 Å². The first-order chi connectivity index (χ1) is 12.0. The van der Waals surface area contributed by atoms with Crippen molar-refractivity contribution in [2.24, 2.45) is 0 Å². The van der Waals surface area contributed by atoms with Gasteiger partial charge in [-0.05, 0) is 40.2 Å². The first-order valence-electron chi connectivity index (χ1n) is 7.61. The van der Waals surface area contributed by atoms with E-state index in [2.05, 4.69) is 52.1 Å². The Morgan fingerprint density at radius 3 is 2.80 bits per heavy atom. The molecular weight excluding hydrogens is 450 g/mol. The number of carbonyl (C=O) groups excluding carboxylic acids is 1. The third-order valence-electron chi connectivity index (χ3n) is 4.07. The number of rotatable bonds is 2. The zero-order valence-electron chi connectivity index (χ0n) is 12.9. The number of amides is 1. The number of nitrogens with two attached hydrogens (primary N) is 1. The van der Waals surface area contributed by atoms with E-state index in [1.54, 1.807) is 6.20 Å². The monoisotopic (exact) mass is 461 g/mol. The van der Waals surface area contributed by atoms with Gasteiger partial charge >= 0.3 is 0 Å². The van der Waals surface area contributed by atoms with Crippen LogP contribution in [-0.2, 0) is 6.42 Å². The number of fused-ring (bicyclic) bond motifs is 1. The van der Waals surface area contributed by atoms with Crippen LogP contribution in [0.15, 0.2) is 39.4 Å². The van der Waals surface area contributed by atoms with Gasteiger partial charge in [-0.25, -0.2) is 9.97 Å². The van der Waals surface area contributed by atoms with Gasteiger partial charge in [0.1, 0.15) is 0 Å². The molecule has 1 amide bonds. The van der Waals surface area contributed by atoms with Crippen molar-refractivity contribution in [1.82, 2.24) is 20.3 Å². The summed E-state index contributed by atoms with van der Waals surface area (Å²) in [6, 6.07) is 7.39. The Hall–Kier alpha value is -2.19. The molecule has 1 aliphatic heterocycles. The highest BCUT2D eigenvalue weighted by Crippen LogP contribution is 2.34. The van der Waals surface area contributed by atoms with Crippen molar-refractivity contribution >= 4 is 43.5 Å². The fourth-order valence-corrected chi connectivity index (χ4v) is 4.06. The number of carbonyl (C=O) groups is 1. The topological polar surface area (TPSA) is 96.7 Å². The lowest BCUT2D eigenvalue weighted by Gasteiger charge is -2.11. The fraction of sp³-hybridized carbons (Fsp3) is 0.118. The van der Waals surface area contributed by atoms with Gasteiger partial charge in [-0.15, -0.1) is 0 Å². The zero-order chi connectivity index (χ0) is 17.6. The molecule has 25 heavy (non-hydrogen) atoms. The average molecular weight is 463 g/mol. The van der Waals surface area contributed by atoms with Gasteiger partial charge in [0.15, 0.2) is 5.82 Å². The number of H-pyrrole nitrogens is 1.